The lowest BCUT2D eigenvalue weighted by atomic mass is 9.74. The number of rotatable bonds is 2. The maximum absolute atomic E-state index is 10.9. The predicted molar refractivity (Wildman–Crippen MR) is 78.4 cm³/mol. The van der Waals surface area contributed by atoms with Gasteiger partial charge >= 0.3 is 0 Å². The summed E-state index contributed by atoms with van der Waals surface area (Å²) in [6.07, 6.45) is 6.07. The number of para-hydroxylation sites is 1. The number of nitrogens with one attached hydrogen (secondary N) is 2. The van der Waals surface area contributed by atoms with Crippen LogP contribution >= 0.6 is 0 Å². The topological polar surface area (TPSA) is 44.3 Å². The van der Waals surface area contributed by atoms with Crippen molar-refractivity contribution < 1.29 is 5.11 Å². The third-order valence-corrected chi connectivity index (χ3v) is 4.96. The summed E-state index contributed by atoms with van der Waals surface area (Å²) in [6.45, 7) is 0. The van der Waals surface area contributed by atoms with Crippen LogP contribution in [0.4, 0.5) is 5.69 Å². The Morgan fingerprint density at radius 1 is 1.21 bits per heavy atom. The maximum Gasteiger partial charge on any atom is 0.0849 e. The minimum absolute atomic E-state index is 0.209. The molecule has 1 aromatic carbocycles. The largest absolute Gasteiger partial charge is 0.388 e. The van der Waals surface area contributed by atoms with E-state index in [1.165, 1.54) is 11.3 Å². The van der Waals surface area contributed by atoms with Gasteiger partial charge in [-0.1, -0.05) is 18.2 Å². The maximum atomic E-state index is 10.9. The van der Waals surface area contributed by atoms with E-state index in [4.69, 9.17) is 0 Å². The highest BCUT2D eigenvalue weighted by Gasteiger charge is 2.41. The van der Waals surface area contributed by atoms with E-state index in [9.17, 15) is 5.11 Å². The van der Waals surface area contributed by atoms with Crippen LogP contribution in [0.25, 0.3) is 0 Å². The second kappa shape index (κ2) is 5.14. The molecular formula is C16H24N2O. The minimum atomic E-state index is -0.527. The highest BCUT2D eigenvalue weighted by Crippen LogP contribution is 2.37. The molecule has 1 atom stereocenters. The minimum Gasteiger partial charge on any atom is -0.388 e. The smallest absolute Gasteiger partial charge is 0.0849 e. The second-order valence-corrected chi connectivity index (χ2v) is 6.06. The van der Waals surface area contributed by atoms with Gasteiger partial charge in [-0.15, -0.1) is 0 Å². The molecule has 3 N–H and O–H groups in total. The molecule has 3 heteroatoms. The van der Waals surface area contributed by atoms with E-state index >= 15 is 0 Å². The molecule has 3 rings (SSSR count). The predicted octanol–water partition coefficient (Wildman–Crippen LogP) is 2.31. The molecule has 0 saturated heterocycles. The first-order chi connectivity index (χ1) is 9.21. The molecule has 1 heterocycles. The van der Waals surface area contributed by atoms with Crippen molar-refractivity contribution in [2.75, 3.05) is 12.4 Å². The summed E-state index contributed by atoms with van der Waals surface area (Å²) in [5, 5.41) is 17.8. The Labute approximate surface area is 115 Å². The number of anilines is 1. The van der Waals surface area contributed by atoms with Crippen LogP contribution in [0.3, 0.4) is 0 Å². The lowest BCUT2D eigenvalue weighted by Gasteiger charge is -2.44. The van der Waals surface area contributed by atoms with Gasteiger partial charge in [-0.2, -0.15) is 0 Å². The zero-order valence-corrected chi connectivity index (χ0v) is 11.7. The normalized spacial score (nSPS) is 34.4. The Morgan fingerprint density at radius 2 is 1.95 bits per heavy atom. The molecule has 3 nitrogen and oxygen atoms in total. The number of hydrogen-bond donors (Lipinski definition) is 3. The molecule has 1 aliphatic heterocycles. The van der Waals surface area contributed by atoms with E-state index in [1.807, 2.05) is 7.05 Å². The van der Waals surface area contributed by atoms with Gasteiger partial charge in [-0.25, -0.2) is 0 Å². The third kappa shape index (κ3) is 2.49. The summed E-state index contributed by atoms with van der Waals surface area (Å²) in [5.74, 6) is 0. The lowest BCUT2D eigenvalue weighted by molar-refractivity contribution is -0.0223. The lowest BCUT2D eigenvalue weighted by Crippen LogP contribution is -2.52. The van der Waals surface area contributed by atoms with Crippen molar-refractivity contribution in [3.63, 3.8) is 0 Å². The average molecular weight is 260 g/mol. The first-order valence-corrected chi connectivity index (χ1v) is 7.45. The highest BCUT2D eigenvalue weighted by atomic mass is 16.3. The molecular weight excluding hydrogens is 236 g/mol. The van der Waals surface area contributed by atoms with Crippen molar-refractivity contribution in [3.8, 4) is 0 Å². The van der Waals surface area contributed by atoms with Crippen LogP contribution < -0.4 is 10.6 Å². The molecule has 1 fully saturated rings. The van der Waals surface area contributed by atoms with Crippen LogP contribution in [0.1, 0.15) is 37.7 Å². The molecule has 1 aliphatic carbocycles. The first-order valence-electron chi connectivity index (χ1n) is 7.45. The SMILES string of the molecule is CNC1CCC(O)(C2CCc3ccccc3N2)CC1. The van der Waals surface area contributed by atoms with Gasteiger partial charge in [0.2, 0.25) is 0 Å². The number of benzene rings is 1. The van der Waals surface area contributed by atoms with Crippen LogP contribution in [0.2, 0.25) is 0 Å². The molecule has 19 heavy (non-hydrogen) atoms. The number of hydrogen-bond acceptors (Lipinski definition) is 3. The summed E-state index contributed by atoms with van der Waals surface area (Å²) >= 11 is 0. The van der Waals surface area contributed by atoms with E-state index in [1.54, 1.807) is 0 Å². The molecule has 1 aromatic rings. The first kappa shape index (κ1) is 12.9. The second-order valence-electron chi connectivity index (χ2n) is 6.06. The summed E-state index contributed by atoms with van der Waals surface area (Å²) in [6, 6.07) is 9.25. The van der Waals surface area contributed by atoms with Gasteiger partial charge in [0.05, 0.1) is 11.6 Å². The highest BCUT2D eigenvalue weighted by molar-refractivity contribution is 5.54. The fourth-order valence-electron chi connectivity index (χ4n) is 3.60. The Hall–Kier alpha value is -1.06. The van der Waals surface area contributed by atoms with Crippen LogP contribution in [0.5, 0.6) is 0 Å². The molecule has 104 valence electrons. The standard InChI is InChI=1S/C16H24N2O/c1-17-13-8-10-16(19,11-9-13)15-7-6-12-4-2-3-5-14(12)18-15/h2-5,13,15,17-19H,6-11H2,1H3. The molecule has 1 saturated carbocycles. The summed E-state index contributed by atoms with van der Waals surface area (Å²) < 4.78 is 0. The van der Waals surface area contributed by atoms with E-state index in [-0.39, 0.29) is 6.04 Å². The molecule has 0 spiro atoms. The monoisotopic (exact) mass is 260 g/mol. The molecule has 0 amide bonds. The van der Waals surface area contributed by atoms with Crippen molar-refractivity contribution in [2.24, 2.45) is 0 Å². The van der Waals surface area contributed by atoms with Crippen molar-refractivity contribution >= 4 is 5.69 Å². The Balaban J connectivity index is 1.71. The molecule has 0 aromatic heterocycles. The summed E-state index contributed by atoms with van der Waals surface area (Å²) in [5.41, 5.74) is 2.06. The van der Waals surface area contributed by atoms with Gasteiger partial charge in [0, 0.05) is 11.7 Å². The zero-order chi connectivity index (χ0) is 13.3. The number of aliphatic hydroxyl groups is 1. The van der Waals surface area contributed by atoms with E-state index in [2.05, 4.69) is 34.9 Å². The fourth-order valence-corrected chi connectivity index (χ4v) is 3.60. The van der Waals surface area contributed by atoms with Crippen LogP contribution in [0, 0.1) is 0 Å². The van der Waals surface area contributed by atoms with E-state index in [0.717, 1.165) is 38.5 Å². The van der Waals surface area contributed by atoms with Gasteiger partial charge < -0.3 is 15.7 Å². The fraction of sp³-hybridized carbons (Fsp3) is 0.625. The Kier molecular flexibility index (Phi) is 3.50. The summed E-state index contributed by atoms with van der Waals surface area (Å²) in [4.78, 5) is 0. The van der Waals surface area contributed by atoms with Gasteiger partial charge in [0.25, 0.3) is 0 Å². The quantitative estimate of drug-likeness (QED) is 0.764. The van der Waals surface area contributed by atoms with Crippen LogP contribution in [0.15, 0.2) is 24.3 Å². The van der Waals surface area contributed by atoms with Crippen molar-refractivity contribution in [3.05, 3.63) is 29.8 Å². The average Bonchev–Trinajstić information content (AvgIpc) is 2.47. The Bertz CT molecular complexity index is 438. The van der Waals surface area contributed by atoms with Crippen molar-refractivity contribution in [1.82, 2.24) is 5.32 Å². The summed E-state index contributed by atoms with van der Waals surface area (Å²) in [7, 11) is 2.02. The van der Waals surface area contributed by atoms with E-state index < -0.39 is 5.60 Å². The van der Waals surface area contributed by atoms with Gasteiger partial charge in [0.15, 0.2) is 0 Å². The molecule has 1 unspecified atom stereocenters. The number of aryl methyl sites for hydroxylation is 1. The van der Waals surface area contributed by atoms with Crippen LogP contribution in [-0.2, 0) is 6.42 Å². The van der Waals surface area contributed by atoms with E-state index in [0.29, 0.717) is 6.04 Å². The van der Waals surface area contributed by atoms with Crippen molar-refractivity contribution in [2.45, 2.75) is 56.2 Å². The number of fused-ring (bicyclic) bond motifs is 1. The van der Waals surface area contributed by atoms with Crippen molar-refractivity contribution in [1.29, 1.82) is 0 Å². The molecule has 0 radical (unpaired) electrons. The Morgan fingerprint density at radius 3 is 2.68 bits per heavy atom. The molecule has 2 aliphatic rings. The van der Waals surface area contributed by atoms with Crippen LogP contribution in [-0.4, -0.2) is 29.8 Å². The third-order valence-electron chi connectivity index (χ3n) is 4.96. The van der Waals surface area contributed by atoms with Gasteiger partial charge in [0.1, 0.15) is 0 Å². The molecule has 0 bridgehead atoms. The van der Waals surface area contributed by atoms with Gasteiger partial charge in [-0.05, 0) is 57.2 Å². The zero-order valence-electron chi connectivity index (χ0n) is 11.7. The van der Waals surface area contributed by atoms with Gasteiger partial charge in [-0.3, -0.25) is 0 Å².